The van der Waals surface area contributed by atoms with Crippen LogP contribution >= 0.6 is 0 Å². The molecular weight excluding hydrogens is 332 g/mol. The van der Waals surface area contributed by atoms with Crippen molar-refractivity contribution >= 4 is 23.4 Å². The zero-order valence-corrected chi connectivity index (χ0v) is 14.2. The van der Waals surface area contributed by atoms with Crippen LogP contribution < -0.4 is 9.64 Å². The Morgan fingerprint density at radius 2 is 1.62 bits per heavy atom. The fourth-order valence-corrected chi connectivity index (χ4v) is 3.39. The van der Waals surface area contributed by atoms with E-state index in [2.05, 4.69) is 0 Å². The molecule has 2 aliphatic rings. The van der Waals surface area contributed by atoms with Crippen molar-refractivity contribution in [2.45, 2.75) is 12.8 Å². The molecule has 0 atom stereocenters. The average molecular weight is 350 g/mol. The lowest BCUT2D eigenvalue weighted by atomic mass is 10.1. The number of hydrogen-bond acceptors (Lipinski definition) is 4. The fourth-order valence-electron chi connectivity index (χ4n) is 3.39. The van der Waals surface area contributed by atoms with Gasteiger partial charge >= 0.3 is 0 Å². The van der Waals surface area contributed by atoms with Gasteiger partial charge in [0.1, 0.15) is 12.4 Å². The summed E-state index contributed by atoms with van der Waals surface area (Å²) >= 11 is 0. The third-order valence-electron chi connectivity index (χ3n) is 4.68. The Morgan fingerprint density at radius 1 is 0.962 bits per heavy atom. The Bertz CT molecular complexity index is 858. The molecule has 0 radical (unpaired) electrons. The van der Waals surface area contributed by atoms with E-state index in [0.717, 1.165) is 5.69 Å². The van der Waals surface area contributed by atoms with Gasteiger partial charge in [-0.1, -0.05) is 24.3 Å². The molecule has 0 spiro atoms. The highest BCUT2D eigenvalue weighted by atomic mass is 16.5. The van der Waals surface area contributed by atoms with E-state index in [1.54, 1.807) is 29.2 Å². The topological polar surface area (TPSA) is 66.9 Å². The minimum Gasteiger partial charge on any atom is -0.490 e. The largest absolute Gasteiger partial charge is 0.490 e. The lowest BCUT2D eigenvalue weighted by molar-refractivity contribution is -0.119. The van der Waals surface area contributed by atoms with E-state index in [4.69, 9.17) is 4.74 Å². The zero-order chi connectivity index (χ0) is 18.1. The van der Waals surface area contributed by atoms with Gasteiger partial charge in [0.25, 0.3) is 11.8 Å². The number of imide groups is 1. The van der Waals surface area contributed by atoms with Crippen LogP contribution in [0.5, 0.6) is 5.75 Å². The lowest BCUT2D eigenvalue weighted by Gasteiger charge is -2.29. The molecule has 2 heterocycles. The number of carbonyl (C=O) groups excluding carboxylic acids is 3. The van der Waals surface area contributed by atoms with E-state index in [1.807, 2.05) is 24.3 Å². The molecule has 2 aromatic rings. The van der Waals surface area contributed by atoms with Gasteiger partial charge in [0.2, 0.25) is 5.91 Å². The summed E-state index contributed by atoms with van der Waals surface area (Å²) in [6.45, 7) is 1.20. The maximum absolute atomic E-state index is 12.6. The number of para-hydroxylation sites is 2. The summed E-state index contributed by atoms with van der Waals surface area (Å²) < 4.78 is 5.56. The number of anilines is 1. The monoisotopic (exact) mass is 350 g/mol. The van der Waals surface area contributed by atoms with Crippen LogP contribution in [0.25, 0.3) is 0 Å². The second-order valence-electron chi connectivity index (χ2n) is 6.27. The van der Waals surface area contributed by atoms with E-state index in [9.17, 15) is 14.4 Å². The zero-order valence-electron chi connectivity index (χ0n) is 14.2. The first kappa shape index (κ1) is 16.3. The highest BCUT2D eigenvalue weighted by Gasteiger charge is 2.34. The minimum absolute atomic E-state index is 0.0302. The Hall–Kier alpha value is -3.15. The van der Waals surface area contributed by atoms with E-state index in [-0.39, 0.29) is 30.7 Å². The molecule has 132 valence electrons. The second-order valence-corrected chi connectivity index (χ2v) is 6.27. The summed E-state index contributed by atoms with van der Waals surface area (Å²) in [6.07, 6.45) is 0.700. The van der Waals surface area contributed by atoms with Gasteiger partial charge in [0.05, 0.1) is 23.4 Å². The van der Waals surface area contributed by atoms with Crippen molar-refractivity contribution in [3.63, 3.8) is 0 Å². The van der Waals surface area contributed by atoms with E-state index < -0.39 is 0 Å². The highest BCUT2D eigenvalue weighted by molar-refractivity contribution is 6.21. The summed E-state index contributed by atoms with van der Waals surface area (Å²) in [5, 5.41) is 0. The maximum atomic E-state index is 12.6. The molecule has 0 saturated carbocycles. The summed E-state index contributed by atoms with van der Waals surface area (Å²) in [5.74, 6) is 0.106. The summed E-state index contributed by atoms with van der Waals surface area (Å²) in [4.78, 5) is 40.2. The smallest absolute Gasteiger partial charge is 0.261 e. The number of hydrogen-bond donors (Lipinski definition) is 0. The number of carbonyl (C=O) groups is 3. The first-order chi connectivity index (χ1) is 12.7. The van der Waals surface area contributed by atoms with Crippen molar-refractivity contribution < 1.29 is 19.1 Å². The number of amides is 3. The van der Waals surface area contributed by atoms with Gasteiger partial charge < -0.3 is 9.64 Å². The third-order valence-corrected chi connectivity index (χ3v) is 4.68. The standard InChI is InChI=1S/C20H18N2O4/c23-18(21-12-13-26-17-9-4-3-8-16(17)21)10-5-11-22-19(24)14-6-1-2-7-15(14)20(22)25/h1-4,6-9H,5,10-13H2. The molecule has 6 heteroatoms. The average Bonchev–Trinajstić information content (AvgIpc) is 2.92. The van der Waals surface area contributed by atoms with Gasteiger partial charge in [0.15, 0.2) is 0 Å². The number of benzene rings is 2. The molecule has 0 unspecified atom stereocenters. The third kappa shape index (κ3) is 2.73. The van der Waals surface area contributed by atoms with Gasteiger partial charge in [-0.2, -0.15) is 0 Å². The highest BCUT2D eigenvalue weighted by Crippen LogP contribution is 2.31. The van der Waals surface area contributed by atoms with E-state index >= 15 is 0 Å². The van der Waals surface area contributed by atoms with Gasteiger partial charge in [-0.15, -0.1) is 0 Å². The number of fused-ring (bicyclic) bond motifs is 2. The Kier molecular flexibility index (Phi) is 4.16. The van der Waals surface area contributed by atoms with Crippen molar-refractivity contribution in [3.05, 3.63) is 59.7 Å². The molecule has 0 N–H and O–H groups in total. The molecule has 0 aromatic heterocycles. The van der Waals surface area contributed by atoms with Gasteiger partial charge in [-0.05, 0) is 30.7 Å². The summed E-state index contributed by atoms with van der Waals surface area (Å²) in [5.41, 5.74) is 1.64. The van der Waals surface area contributed by atoms with Crippen molar-refractivity contribution in [3.8, 4) is 5.75 Å². The van der Waals surface area contributed by atoms with Crippen molar-refractivity contribution in [2.24, 2.45) is 0 Å². The van der Waals surface area contributed by atoms with Crippen LogP contribution in [0.4, 0.5) is 5.69 Å². The molecule has 26 heavy (non-hydrogen) atoms. The van der Waals surface area contributed by atoms with Crippen molar-refractivity contribution in [1.29, 1.82) is 0 Å². The van der Waals surface area contributed by atoms with Crippen molar-refractivity contribution in [2.75, 3.05) is 24.6 Å². The van der Waals surface area contributed by atoms with E-state index in [0.29, 0.717) is 36.4 Å². The lowest BCUT2D eigenvalue weighted by Crippen LogP contribution is -2.38. The van der Waals surface area contributed by atoms with Crippen LogP contribution in [0.3, 0.4) is 0 Å². The first-order valence-corrected chi connectivity index (χ1v) is 8.64. The summed E-state index contributed by atoms with van der Waals surface area (Å²) in [6, 6.07) is 14.2. The maximum Gasteiger partial charge on any atom is 0.261 e. The van der Waals surface area contributed by atoms with E-state index in [1.165, 1.54) is 4.90 Å². The normalized spacial score (nSPS) is 15.5. The van der Waals surface area contributed by atoms with Crippen LogP contribution in [0.1, 0.15) is 33.6 Å². The predicted octanol–water partition coefficient (Wildman–Crippen LogP) is 2.49. The SMILES string of the molecule is O=C1c2ccccc2C(=O)N1CCCC(=O)N1CCOc2ccccc21. The quantitative estimate of drug-likeness (QED) is 0.795. The van der Waals surface area contributed by atoms with Crippen molar-refractivity contribution in [1.82, 2.24) is 4.90 Å². The van der Waals surface area contributed by atoms with Crippen LogP contribution in [0, 0.1) is 0 Å². The number of rotatable bonds is 4. The number of nitrogens with zero attached hydrogens (tertiary/aromatic N) is 2. The molecule has 2 aliphatic heterocycles. The predicted molar refractivity (Wildman–Crippen MR) is 95.3 cm³/mol. The molecule has 0 fully saturated rings. The Labute approximate surface area is 151 Å². The van der Waals surface area contributed by atoms with Crippen LogP contribution in [-0.2, 0) is 4.79 Å². The second kappa shape index (κ2) is 6.63. The Morgan fingerprint density at radius 3 is 2.35 bits per heavy atom. The minimum atomic E-state index is -0.283. The van der Waals surface area contributed by atoms with Crippen LogP contribution in [-0.4, -0.2) is 42.3 Å². The Balaban J connectivity index is 1.38. The van der Waals surface area contributed by atoms with Gasteiger partial charge in [0, 0.05) is 13.0 Å². The molecule has 0 aliphatic carbocycles. The molecular formula is C20H18N2O4. The van der Waals surface area contributed by atoms with Gasteiger partial charge in [-0.3, -0.25) is 19.3 Å². The molecule has 6 nitrogen and oxygen atoms in total. The first-order valence-electron chi connectivity index (χ1n) is 8.64. The molecule has 3 amide bonds. The van der Waals surface area contributed by atoms with Crippen LogP contribution in [0.2, 0.25) is 0 Å². The molecule has 0 saturated heterocycles. The summed E-state index contributed by atoms with van der Waals surface area (Å²) in [7, 11) is 0. The van der Waals surface area contributed by atoms with Crippen LogP contribution in [0.15, 0.2) is 48.5 Å². The van der Waals surface area contributed by atoms with Gasteiger partial charge in [-0.25, -0.2) is 0 Å². The fraction of sp³-hybridized carbons (Fsp3) is 0.250. The molecule has 0 bridgehead atoms. The number of ether oxygens (including phenoxy) is 1. The molecule has 4 rings (SSSR count). The molecule has 2 aromatic carbocycles.